The van der Waals surface area contributed by atoms with Gasteiger partial charge in [-0.3, -0.25) is 0 Å². The third-order valence-electron chi connectivity index (χ3n) is 6.21. The number of aliphatic hydroxyl groups excluding tert-OH is 1. The highest BCUT2D eigenvalue weighted by Gasteiger charge is 2.19. The summed E-state index contributed by atoms with van der Waals surface area (Å²) >= 11 is 0. The van der Waals surface area contributed by atoms with E-state index >= 15 is 0 Å². The monoisotopic (exact) mass is 398 g/mol. The lowest BCUT2D eigenvalue weighted by atomic mass is 10.0. The first-order chi connectivity index (χ1) is 13.5. The van der Waals surface area contributed by atoms with Gasteiger partial charge in [-0.25, -0.2) is 0 Å². The van der Waals surface area contributed by atoms with Crippen molar-refractivity contribution in [2.75, 3.05) is 27.2 Å². The molecule has 0 aromatic rings. The molecule has 1 N–H and O–H groups in total. The summed E-state index contributed by atoms with van der Waals surface area (Å²) in [5.41, 5.74) is 0. The summed E-state index contributed by atoms with van der Waals surface area (Å²) in [7, 11) is 4.56. The van der Waals surface area contributed by atoms with Crippen LogP contribution in [0.25, 0.3) is 0 Å². The van der Waals surface area contributed by atoms with Gasteiger partial charge in [0.25, 0.3) is 0 Å². The maximum atomic E-state index is 10.1. The van der Waals surface area contributed by atoms with Crippen molar-refractivity contribution in [1.29, 1.82) is 0 Å². The zero-order valence-corrected chi connectivity index (χ0v) is 20.3. The van der Waals surface area contributed by atoms with Gasteiger partial charge in [-0.1, -0.05) is 117 Å². The third-order valence-corrected chi connectivity index (χ3v) is 6.21. The molecule has 0 aromatic heterocycles. The number of aliphatic hydroxyl groups is 1. The predicted molar refractivity (Wildman–Crippen MR) is 127 cm³/mol. The number of rotatable bonds is 22. The van der Waals surface area contributed by atoms with Crippen LogP contribution >= 0.6 is 0 Å². The van der Waals surface area contributed by atoms with Crippen LogP contribution in [0.2, 0.25) is 0 Å². The fourth-order valence-corrected chi connectivity index (χ4v) is 4.28. The standard InChI is InChI=1S/C26H56NO/c1-5-7-9-10-11-12-13-14-15-16-17-18-19-20-21-22-24-27(3,4)25-26(28)23-8-6-2/h26,28H,5-25H2,1-4H3/q+1. The first-order valence-electron chi connectivity index (χ1n) is 13.0. The molecular weight excluding hydrogens is 342 g/mol. The largest absolute Gasteiger partial charge is 0.387 e. The van der Waals surface area contributed by atoms with E-state index in [0.717, 1.165) is 23.9 Å². The smallest absolute Gasteiger partial charge is 0.105 e. The van der Waals surface area contributed by atoms with Crippen LogP contribution in [0.15, 0.2) is 0 Å². The Labute approximate surface area is 179 Å². The normalized spacial score (nSPS) is 13.2. The average Bonchev–Trinajstić information content (AvgIpc) is 2.65. The molecule has 1 atom stereocenters. The summed E-state index contributed by atoms with van der Waals surface area (Å²) in [6.07, 6.45) is 26.0. The molecule has 0 saturated heterocycles. The van der Waals surface area contributed by atoms with E-state index in [4.69, 9.17) is 0 Å². The summed E-state index contributed by atoms with van der Waals surface area (Å²) < 4.78 is 0.976. The Morgan fingerprint density at radius 2 is 0.893 bits per heavy atom. The number of hydrogen-bond donors (Lipinski definition) is 1. The van der Waals surface area contributed by atoms with Crippen LogP contribution in [0.1, 0.15) is 136 Å². The highest BCUT2D eigenvalue weighted by atomic mass is 16.3. The Hall–Kier alpha value is -0.0800. The average molecular weight is 399 g/mol. The number of likely N-dealkylation sites (N-methyl/N-ethyl adjacent to an activating group) is 1. The SMILES string of the molecule is CCCCCCCCCCCCCCCCCC[N+](C)(C)CC(O)CCCC. The van der Waals surface area contributed by atoms with E-state index in [2.05, 4.69) is 27.9 Å². The van der Waals surface area contributed by atoms with Crippen molar-refractivity contribution in [3.63, 3.8) is 0 Å². The van der Waals surface area contributed by atoms with E-state index in [9.17, 15) is 5.11 Å². The Morgan fingerprint density at radius 3 is 1.29 bits per heavy atom. The molecule has 0 fully saturated rings. The van der Waals surface area contributed by atoms with Crippen molar-refractivity contribution in [3.05, 3.63) is 0 Å². The molecule has 2 heteroatoms. The highest BCUT2D eigenvalue weighted by Crippen LogP contribution is 2.14. The molecule has 0 aliphatic carbocycles. The van der Waals surface area contributed by atoms with Crippen molar-refractivity contribution in [2.24, 2.45) is 0 Å². The van der Waals surface area contributed by atoms with Gasteiger partial charge in [0, 0.05) is 0 Å². The molecule has 0 aromatic carbocycles. The minimum absolute atomic E-state index is 0.115. The van der Waals surface area contributed by atoms with Gasteiger partial charge in [0.05, 0.1) is 20.6 Å². The number of hydrogen-bond acceptors (Lipinski definition) is 1. The molecule has 0 heterocycles. The van der Waals surface area contributed by atoms with Crippen molar-refractivity contribution < 1.29 is 9.59 Å². The maximum absolute atomic E-state index is 10.1. The fraction of sp³-hybridized carbons (Fsp3) is 1.00. The third kappa shape index (κ3) is 20.6. The van der Waals surface area contributed by atoms with E-state index in [1.807, 2.05) is 0 Å². The lowest BCUT2D eigenvalue weighted by Crippen LogP contribution is -2.45. The first kappa shape index (κ1) is 27.9. The molecule has 0 amide bonds. The van der Waals surface area contributed by atoms with Gasteiger partial charge in [0.2, 0.25) is 0 Å². The van der Waals surface area contributed by atoms with Crippen molar-refractivity contribution in [3.8, 4) is 0 Å². The molecule has 0 aliphatic rings. The predicted octanol–water partition coefficient (Wildman–Crippen LogP) is 7.88. The Kier molecular flexibility index (Phi) is 20.1. The van der Waals surface area contributed by atoms with E-state index in [1.54, 1.807) is 0 Å². The molecule has 0 rings (SSSR count). The van der Waals surface area contributed by atoms with Gasteiger partial charge >= 0.3 is 0 Å². The summed E-state index contributed by atoms with van der Waals surface area (Å²) in [5, 5.41) is 10.1. The van der Waals surface area contributed by atoms with Gasteiger partial charge in [0.1, 0.15) is 12.6 Å². The quantitative estimate of drug-likeness (QED) is 0.145. The van der Waals surface area contributed by atoms with Crippen LogP contribution < -0.4 is 0 Å². The lowest BCUT2D eigenvalue weighted by Gasteiger charge is -2.32. The van der Waals surface area contributed by atoms with Crippen LogP contribution in [-0.2, 0) is 0 Å². The summed E-state index contributed by atoms with van der Waals surface area (Å²) in [6, 6.07) is 0. The second-order valence-electron chi connectivity index (χ2n) is 9.94. The van der Waals surface area contributed by atoms with Crippen molar-refractivity contribution in [2.45, 2.75) is 142 Å². The van der Waals surface area contributed by atoms with E-state index in [0.29, 0.717) is 0 Å². The molecule has 28 heavy (non-hydrogen) atoms. The minimum atomic E-state index is -0.115. The molecule has 1 unspecified atom stereocenters. The molecule has 0 spiro atoms. The Balaban J connectivity index is 3.30. The second kappa shape index (κ2) is 20.2. The van der Waals surface area contributed by atoms with Crippen LogP contribution in [0.5, 0.6) is 0 Å². The molecule has 0 aliphatic heterocycles. The number of unbranched alkanes of at least 4 members (excludes halogenated alkanes) is 16. The molecular formula is C26H56NO+. The van der Waals surface area contributed by atoms with Gasteiger partial charge in [-0.05, 0) is 19.3 Å². The lowest BCUT2D eigenvalue weighted by molar-refractivity contribution is -0.893. The molecule has 170 valence electrons. The van der Waals surface area contributed by atoms with E-state index in [1.165, 1.54) is 116 Å². The van der Waals surface area contributed by atoms with Crippen LogP contribution in [0.3, 0.4) is 0 Å². The minimum Gasteiger partial charge on any atom is -0.387 e. The maximum Gasteiger partial charge on any atom is 0.105 e. The highest BCUT2D eigenvalue weighted by molar-refractivity contribution is 4.55. The Morgan fingerprint density at radius 1 is 0.536 bits per heavy atom. The van der Waals surface area contributed by atoms with Crippen LogP contribution in [0.4, 0.5) is 0 Å². The topological polar surface area (TPSA) is 20.2 Å². The first-order valence-corrected chi connectivity index (χ1v) is 13.0. The fourth-order valence-electron chi connectivity index (χ4n) is 4.28. The molecule has 2 nitrogen and oxygen atoms in total. The molecule has 0 saturated carbocycles. The molecule has 0 radical (unpaired) electrons. The van der Waals surface area contributed by atoms with E-state index < -0.39 is 0 Å². The van der Waals surface area contributed by atoms with Crippen LogP contribution in [0, 0.1) is 0 Å². The number of quaternary nitrogens is 1. The van der Waals surface area contributed by atoms with Gasteiger partial charge < -0.3 is 9.59 Å². The second-order valence-corrected chi connectivity index (χ2v) is 9.94. The Bertz CT molecular complexity index is 303. The summed E-state index contributed by atoms with van der Waals surface area (Å²) in [4.78, 5) is 0. The summed E-state index contributed by atoms with van der Waals surface area (Å²) in [6.45, 7) is 6.62. The van der Waals surface area contributed by atoms with Crippen LogP contribution in [-0.4, -0.2) is 42.9 Å². The van der Waals surface area contributed by atoms with Crippen molar-refractivity contribution in [1.82, 2.24) is 0 Å². The number of nitrogens with zero attached hydrogens (tertiary/aromatic N) is 1. The van der Waals surface area contributed by atoms with E-state index in [-0.39, 0.29) is 6.10 Å². The van der Waals surface area contributed by atoms with Gasteiger partial charge in [-0.2, -0.15) is 0 Å². The zero-order chi connectivity index (χ0) is 20.9. The van der Waals surface area contributed by atoms with Gasteiger partial charge in [0.15, 0.2) is 0 Å². The molecule has 0 bridgehead atoms. The van der Waals surface area contributed by atoms with Gasteiger partial charge in [-0.15, -0.1) is 0 Å². The van der Waals surface area contributed by atoms with Crippen molar-refractivity contribution >= 4 is 0 Å². The zero-order valence-electron chi connectivity index (χ0n) is 20.3. The summed E-state index contributed by atoms with van der Waals surface area (Å²) in [5.74, 6) is 0.